The zero-order chi connectivity index (χ0) is 15.2. The van der Waals surface area contributed by atoms with E-state index >= 15 is 0 Å². The zero-order valence-electron chi connectivity index (χ0n) is 10.8. The Hall–Kier alpha value is -3.17. The van der Waals surface area contributed by atoms with Crippen molar-refractivity contribution in [3.8, 4) is 0 Å². The van der Waals surface area contributed by atoms with Gasteiger partial charge in [0.1, 0.15) is 5.82 Å². The lowest BCUT2D eigenvalue weighted by molar-refractivity contribution is -0.384. The molecule has 110 valence electrons. The number of nitro benzene ring substituents is 1. The number of amides is 2. The Morgan fingerprint density at radius 3 is 2.62 bits per heavy atom. The van der Waals surface area contributed by atoms with E-state index in [1.807, 2.05) is 0 Å². The second-order valence-corrected chi connectivity index (χ2v) is 4.06. The summed E-state index contributed by atoms with van der Waals surface area (Å²) >= 11 is 0. The highest BCUT2D eigenvalue weighted by molar-refractivity contribution is 5.89. The summed E-state index contributed by atoms with van der Waals surface area (Å²) in [6.07, 6.45) is 0.367. The fourth-order valence-corrected chi connectivity index (χ4v) is 1.56. The van der Waals surface area contributed by atoms with E-state index in [9.17, 15) is 19.7 Å². The van der Waals surface area contributed by atoms with Crippen LogP contribution in [0.2, 0.25) is 0 Å². The summed E-state index contributed by atoms with van der Waals surface area (Å²) in [4.78, 5) is 34.8. The van der Waals surface area contributed by atoms with Gasteiger partial charge in [-0.3, -0.25) is 15.1 Å². The summed E-state index contributed by atoms with van der Waals surface area (Å²) in [6.45, 7) is 0.277. The number of rotatable bonds is 5. The molecule has 0 unspecified atom stereocenters. The third kappa shape index (κ3) is 4.16. The van der Waals surface area contributed by atoms with Crippen LogP contribution in [0, 0.1) is 10.1 Å². The van der Waals surface area contributed by atoms with Crippen LogP contribution in [0.5, 0.6) is 0 Å². The molecule has 0 fully saturated rings. The second-order valence-electron chi connectivity index (χ2n) is 4.06. The van der Waals surface area contributed by atoms with Gasteiger partial charge in [-0.05, 0) is 12.1 Å². The molecule has 21 heavy (non-hydrogen) atoms. The average molecular weight is 292 g/mol. The third-order valence-corrected chi connectivity index (χ3v) is 2.53. The average Bonchev–Trinajstić information content (AvgIpc) is 2.85. The number of urea groups is 1. The molecule has 0 saturated heterocycles. The quantitative estimate of drug-likeness (QED) is 0.464. The smallest absolute Gasteiger partial charge is 0.337 e. The van der Waals surface area contributed by atoms with E-state index in [1.165, 1.54) is 24.3 Å². The number of hydrogen-bond donors (Lipinski definition) is 4. The molecule has 0 spiro atoms. The number of carbonyl (C=O) groups is 1. The SMILES string of the molecule is O=C(NCCc1n[nH]c(=O)[nH]1)Nc1ccc([N+](=O)[O-])cc1. The van der Waals surface area contributed by atoms with Crippen LogP contribution in [0.3, 0.4) is 0 Å². The van der Waals surface area contributed by atoms with Gasteiger partial charge in [0, 0.05) is 30.8 Å². The molecule has 0 radical (unpaired) electrons. The van der Waals surface area contributed by atoms with Crippen molar-refractivity contribution in [3.63, 3.8) is 0 Å². The number of aromatic nitrogens is 3. The Bertz CT molecular complexity index is 689. The molecule has 10 nitrogen and oxygen atoms in total. The minimum absolute atomic E-state index is 0.0524. The Morgan fingerprint density at radius 1 is 1.33 bits per heavy atom. The summed E-state index contributed by atoms with van der Waals surface area (Å²) in [7, 11) is 0. The maximum absolute atomic E-state index is 11.6. The van der Waals surface area contributed by atoms with Crippen LogP contribution in [-0.2, 0) is 6.42 Å². The minimum atomic E-state index is -0.519. The molecule has 1 heterocycles. The molecule has 4 N–H and O–H groups in total. The Morgan fingerprint density at radius 2 is 2.05 bits per heavy atom. The lowest BCUT2D eigenvalue weighted by Gasteiger charge is -2.06. The standard InChI is InChI=1S/C11H12N6O4/c18-10(12-6-5-9-14-11(19)16-15-9)13-7-1-3-8(4-2-7)17(20)21/h1-4H,5-6H2,(H2,12,13,18)(H2,14,15,16,19). The number of aromatic amines is 2. The number of nitro groups is 1. The molecule has 1 aromatic heterocycles. The number of carbonyl (C=O) groups excluding carboxylic acids is 1. The van der Waals surface area contributed by atoms with Gasteiger partial charge in [0.15, 0.2) is 0 Å². The topological polar surface area (TPSA) is 146 Å². The van der Waals surface area contributed by atoms with Gasteiger partial charge in [0.25, 0.3) is 5.69 Å². The van der Waals surface area contributed by atoms with Crippen molar-refractivity contribution >= 4 is 17.4 Å². The second kappa shape index (κ2) is 6.32. The first-order chi connectivity index (χ1) is 10.0. The van der Waals surface area contributed by atoms with E-state index in [4.69, 9.17) is 0 Å². The van der Waals surface area contributed by atoms with Gasteiger partial charge in [0.2, 0.25) is 0 Å². The molecule has 2 rings (SSSR count). The van der Waals surface area contributed by atoms with Crippen molar-refractivity contribution in [3.05, 3.63) is 50.7 Å². The molecular formula is C11H12N6O4. The Balaban J connectivity index is 1.78. The zero-order valence-corrected chi connectivity index (χ0v) is 10.8. The van der Waals surface area contributed by atoms with Gasteiger partial charge >= 0.3 is 11.7 Å². The molecule has 10 heteroatoms. The molecule has 0 aliphatic rings. The largest absolute Gasteiger partial charge is 0.340 e. The number of hydrogen-bond acceptors (Lipinski definition) is 5. The van der Waals surface area contributed by atoms with E-state index in [-0.39, 0.29) is 12.2 Å². The first-order valence-electron chi connectivity index (χ1n) is 5.97. The number of nitrogens with zero attached hydrogens (tertiary/aromatic N) is 2. The molecule has 1 aromatic carbocycles. The van der Waals surface area contributed by atoms with Gasteiger partial charge in [-0.2, -0.15) is 5.10 Å². The number of nitrogens with one attached hydrogen (secondary N) is 4. The first-order valence-corrected chi connectivity index (χ1v) is 5.97. The van der Waals surface area contributed by atoms with Crippen LogP contribution in [-0.4, -0.2) is 32.7 Å². The van der Waals surface area contributed by atoms with E-state index in [1.54, 1.807) is 0 Å². The fraction of sp³-hybridized carbons (Fsp3) is 0.182. The van der Waals surface area contributed by atoms with Crippen LogP contribution in [0.4, 0.5) is 16.2 Å². The lowest BCUT2D eigenvalue weighted by atomic mass is 10.3. The highest BCUT2D eigenvalue weighted by Gasteiger charge is 2.06. The van der Waals surface area contributed by atoms with E-state index in [0.29, 0.717) is 17.9 Å². The van der Waals surface area contributed by atoms with Crippen molar-refractivity contribution < 1.29 is 9.72 Å². The maximum atomic E-state index is 11.6. The minimum Gasteiger partial charge on any atom is -0.337 e. The molecule has 0 atom stereocenters. The van der Waals surface area contributed by atoms with Crippen LogP contribution < -0.4 is 16.3 Å². The molecule has 0 aliphatic heterocycles. The monoisotopic (exact) mass is 292 g/mol. The normalized spacial score (nSPS) is 10.1. The Kier molecular flexibility index (Phi) is 4.29. The molecule has 2 amide bonds. The van der Waals surface area contributed by atoms with Crippen molar-refractivity contribution in [2.45, 2.75) is 6.42 Å². The van der Waals surface area contributed by atoms with Gasteiger partial charge in [-0.1, -0.05) is 0 Å². The van der Waals surface area contributed by atoms with Gasteiger partial charge in [0.05, 0.1) is 4.92 Å². The number of H-pyrrole nitrogens is 2. The molecule has 0 bridgehead atoms. The van der Waals surface area contributed by atoms with Crippen LogP contribution in [0.15, 0.2) is 29.1 Å². The van der Waals surface area contributed by atoms with Gasteiger partial charge < -0.3 is 10.6 Å². The highest BCUT2D eigenvalue weighted by atomic mass is 16.6. The van der Waals surface area contributed by atoms with Crippen molar-refractivity contribution in [2.75, 3.05) is 11.9 Å². The lowest BCUT2D eigenvalue weighted by Crippen LogP contribution is -2.30. The summed E-state index contributed by atoms with van der Waals surface area (Å²) < 4.78 is 0. The maximum Gasteiger partial charge on any atom is 0.340 e. The van der Waals surface area contributed by atoms with Crippen molar-refractivity contribution in [1.82, 2.24) is 20.5 Å². The molecule has 0 saturated carbocycles. The summed E-state index contributed by atoms with van der Waals surface area (Å²) in [5.74, 6) is 0.440. The van der Waals surface area contributed by atoms with Crippen LogP contribution in [0.1, 0.15) is 5.82 Å². The predicted octanol–water partition coefficient (Wildman–Crippen LogP) is 0.370. The first kappa shape index (κ1) is 14.2. The Labute approximate surface area is 117 Å². The van der Waals surface area contributed by atoms with Crippen molar-refractivity contribution in [2.24, 2.45) is 0 Å². The summed E-state index contributed by atoms with van der Waals surface area (Å²) in [6, 6.07) is 5.00. The summed E-state index contributed by atoms with van der Waals surface area (Å²) in [5, 5.41) is 21.5. The number of anilines is 1. The fourth-order valence-electron chi connectivity index (χ4n) is 1.56. The van der Waals surface area contributed by atoms with Crippen LogP contribution >= 0.6 is 0 Å². The summed E-state index contributed by atoms with van der Waals surface area (Å²) in [5.41, 5.74) is -0.0185. The van der Waals surface area contributed by atoms with Crippen LogP contribution in [0.25, 0.3) is 0 Å². The molecular weight excluding hydrogens is 280 g/mol. The molecule has 2 aromatic rings. The number of non-ortho nitro benzene ring substituents is 1. The van der Waals surface area contributed by atoms with E-state index < -0.39 is 16.6 Å². The third-order valence-electron chi connectivity index (χ3n) is 2.53. The predicted molar refractivity (Wildman–Crippen MR) is 73.0 cm³/mol. The van der Waals surface area contributed by atoms with E-state index in [0.717, 1.165) is 0 Å². The van der Waals surface area contributed by atoms with Crippen molar-refractivity contribution in [1.29, 1.82) is 0 Å². The molecule has 0 aliphatic carbocycles. The van der Waals surface area contributed by atoms with E-state index in [2.05, 4.69) is 25.8 Å². The van der Waals surface area contributed by atoms with Gasteiger partial charge in [-0.25, -0.2) is 14.7 Å². The number of benzene rings is 1. The highest BCUT2D eigenvalue weighted by Crippen LogP contribution is 2.14. The van der Waals surface area contributed by atoms with Gasteiger partial charge in [-0.15, -0.1) is 0 Å².